The van der Waals surface area contributed by atoms with Gasteiger partial charge in [0.1, 0.15) is 0 Å². The topological polar surface area (TPSA) is 40.6 Å². The van der Waals surface area contributed by atoms with E-state index in [0.717, 1.165) is 32.4 Å². The fraction of sp³-hybridized carbons (Fsp3) is 0.636. The molecule has 26 heavy (non-hydrogen) atoms. The third kappa shape index (κ3) is 5.16. The van der Waals surface area contributed by atoms with E-state index in [4.69, 9.17) is 0 Å². The number of amides is 2. The third-order valence-electron chi connectivity index (χ3n) is 5.15. The standard InChI is InChI=1S/C22H34N2O2/c1-6-18-7-9-19(10-8-18)24-21(25)15-20(22(24)26)23(13-11-16(2)3)14-12-17(4)5/h7-10,16-17,20H,6,11-15H2,1-5H3/t20-/m0/s1. The van der Waals surface area contributed by atoms with Gasteiger partial charge in [-0.15, -0.1) is 0 Å². The monoisotopic (exact) mass is 358 g/mol. The quantitative estimate of drug-likeness (QED) is 0.619. The fourth-order valence-electron chi connectivity index (χ4n) is 3.32. The highest BCUT2D eigenvalue weighted by Gasteiger charge is 2.42. The first-order chi connectivity index (χ1) is 12.3. The number of benzene rings is 1. The van der Waals surface area contributed by atoms with Crippen LogP contribution in [0.1, 0.15) is 59.4 Å². The Bertz CT molecular complexity index is 595. The van der Waals surface area contributed by atoms with Crippen LogP contribution in [-0.2, 0) is 16.0 Å². The van der Waals surface area contributed by atoms with Crippen LogP contribution in [-0.4, -0.2) is 35.8 Å². The number of anilines is 1. The molecule has 0 saturated carbocycles. The molecule has 4 nitrogen and oxygen atoms in total. The highest BCUT2D eigenvalue weighted by molar-refractivity contribution is 6.22. The summed E-state index contributed by atoms with van der Waals surface area (Å²) in [4.78, 5) is 29.3. The van der Waals surface area contributed by atoms with E-state index in [2.05, 4.69) is 39.5 Å². The molecule has 1 aromatic rings. The molecule has 144 valence electrons. The van der Waals surface area contributed by atoms with Crippen molar-refractivity contribution >= 4 is 17.5 Å². The van der Waals surface area contributed by atoms with Gasteiger partial charge in [-0.05, 0) is 61.9 Å². The maximum atomic E-state index is 13.1. The normalized spacial score (nSPS) is 18.0. The minimum Gasteiger partial charge on any atom is -0.292 e. The summed E-state index contributed by atoms with van der Waals surface area (Å²) in [6.45, 7) is 12.6. The predicted octanol–water partition coefficient (Wildman–Crippen LogP) is 4.28. The minimum atomic E-state index is -0.314. The SMILES string of the molecule is CCc1ccc(N2C(=O)C[C@H](N(CCC(C)C)CCC(C)C)C2=O)cc1. The van der Waals surface area contributed by atoms with E-state index in [-0.39, 0.29) is 17.9 Å². The number of rotatable bonds is 9. The summed E-state index contributed by atoms with van der Waals surface area (Å²) in [6, 6.07) is 7.47. The van der Waals surface area contributed by atoms with Crippen LogP contribution in [0.4, 0.5) is 5.69 Å². The number of aryl methyl sites for hydroxylation is 1. The van der Waals surface area contributed by atoms with Crippen LogP contribution in [0.3, 0.4) is 0 Å². The molecule has 1 heterocycles. The van der Waals surface area contributed by atoms with E-state index < -0.39 is 0 Å². The van der Waals surface area contributed by atoms with Crippen molar-refractivity contribution in [3.63, 3.8) is 0 Å². The summed E-state index contributed by atoms with van der Waals surface area (Å²) in [6.07, 6.45) is 3.33. The van der Waals surface area contributed by atoms with Crippen LogP contribution in [0.15, 0.2) is 24.3 Å². The van der Waals surface area contributed by atoms with Crippen molar-refractivity contribution in [1.29, 1.82) is 0 Å². The lowest BCUT2D eigenvalue weighted by atomic mass is 10.1. The lowest BCUT2D eigenvalue weighted by Gasteiger charge is -2.28. The fourth-order valence-corrected chi connectivity index (χ4v) is 3.32. The zero-order valence-electron chi connectivity index (χ0n) is 17.0. The van der Waals surface area contributed by atoms with Gasteiger partial charge in [0.2, 0.25) is 5.91 Å². The Morgan fingerprint density at radius 2 is 1.54 bits per heavy atom. The smallest absolute Gasteiger partial charge is 0.251 e. The summed E-state index contributed by atoms with van der Waals surface area (Å²) in [7, 11) is 0. The molecule has 0 unspecified atom stereocenters. The molecular weight excluding hydrogens is 324 g/mol. The number of carbonyl (C=O) groups is 2. The maximum Gasteiger partial charge on any atom is 0.251 e. The van der Waals surface area contributed by atoms with Crippen molar-refractivity contribution in [2.24, 2.45) is 11.8 Å². The Labute approximate surface area is 158 Å². The van der Waals surface area contributed by atoms with Crippen molar-refractivity contribution in [2.45, 2.75) is 66.3 Å². The molecule has 0 N–H and O–H groups in total. The molecule has 1 aliphatic heterocycles. The molecule has 0 spiro atoms. The van der Waals surface area contributed by atoms with Crippen LogP contribution in [0.25, 0.3) is 0 Å². The van der Waals surface area contributed by atoms with Gasteiger partial charge >= 0.3 is 0 Å². The van der Waals surface area contributed by atoms with E-state index in [1.165, 1.54) is 10.5 Å². The van der Waals surface area contributed by atoms with Crippen molar-refractivity contribution in [3.8, 4) is 0 Å². The molecule has 2 amide bonds. The predicted molar refractivity (Wildman–Crippen MR) is 107 cm³/mol. The first kappa shape index (κ1) is 20.6. The number of nitrogens with zero attached hydrogens (tertiary/aromatic N) is 2. The zero-order valence-corrected chi connectivity index (χ0v) is 17.0. The molecule has 0 bridgehead atoms. The maximum absolute atomic E-state index is 13.1. The highest BCUT2D eigenvalue weighted by atomic mass is 16.2. The number of hydrogen-bond donors (Lipinski definition) is 0. The summed E-state index contributed by atoms with van der Waals surface area (Å²) >= 11 is 0. The van der Waals surface area contributed by atoms with Gasteiger partial charge in [-0.2, -0.15) is 0 Å². The Morgan fingerprint density at radius 1 is 1.00 bits per heavy atom. The van der Waals surface area contributed by atoms with Gasteiger partial charge in [0, 0.05) is 0 Å². The summed E-state index contributed by atoms with van der Waals surface area (Å²) in [5.74, 6) is 1.03. The van der Waals surface area contributed by atoms with Gasteiger partial charge in [0.05, 0.1) is 18.2 Å². The van der Waals surface area contributed by atoms with Crippen LogP contribution in [0.2, 0.25) is 0 Å². The minimum absolute atomic E-state index is 0.0632. The Morgan fingerprint density at radius 3 is 2.00 bits per heavy atom. The first-order valence-electron chi connectivity index (χ1n) is 10.0. The van der Waals surface area contributed by atoms with Gasteiger partial charge in [-0.1, -0.05) is 46.8 Å². The van der Waals surface area contributed by atoms with Crippen LogP contribution in [0, 0.1) is 11.8 Å². The Balaban J connectivity index is 2.16. The van der Waals surface area contributed by atoms with Crippen LogP contribution in [0.5, 0.6) is 0 Å². The van der Waals surface area contributed by atoms with Gasteiger partial charge in [0.15, 0.2) is 0 Å². The lowest BCUT2D eigenvalue weighted by molar-refractivity contribution is -0.123. The lowest BCUT2D eigenvalue weighted by Crippen LogP contribution is -2.43. The Kier molecular flexibility index (Phi) is 7.39. The first-order valence-corrected chi connectivity index (χ1v) is 10.0. The van der Waals surface area contributed by atoms with Crippen LogP contribution >= 0.6 is 0 Å². The van der Waals surface area contributed by atoms with Gasteiger partial charge in [-0.3, -0.25) is 14.5 Å². The molecule has 1 aromatic carbocycles. The second-order valence-electron chi connectivity index (χ2n) is 8.21. The summed E-state index contributed by atoms with van der Waals surface area (Å²) in [5, 5.41) is 0. The van der Waals surface area contributed by atoms with Crippen LogP contribution < -0.4 is 4.90 Å². The van der Waals surface area contributed by atoms with Gasteiger partial charge in [-0.25, -0.2) is 4.90 Å². The summed E-state index contributed by atoms with van der Waals surface area (Å²) < 4.78 is 0. The average molecular weight is 359 g/mol. The van der Waals surface area contributed by atoms with E-state index in [1.54, 1.807) is 0 Å². The molecule has 0 aromatic heterocycles. The Hall–Kier alpha value is -1.68. The number of carbonyl (C=O) groups excluding carboxylic acids is 2. The molecule has 1 atom stereocenters. The zero-order chi connectivity index (χ0) is 19.3. The van der Waals surface area contributed by atoms with E-state index in [9.17, 15) is 9.59 Å². The third-order valence-corrected chi connectivity index (χ3v) is 5.15. The highest BCUT2D eigenvalue weighted by Crippen LogP contribution is 2.27. The van der Waals surface area contributed by atoms with Gasteiger partial charge < -0.3 is 0 Å². The molecule has 1 fully saturated rings. The second-order valence-corrected chi connectivity index (χ2v) is 8.21. The molecule has 0 radical (unpaired) electrons. The molecule has 4 heteroatoms. The van der Waals surface area contributed by atoms with Crippen molar-refractivity contribution in [2.75, 3.05) is 18.0 Å². The summed E-state index contributed by atoms with van der Waals surface area (Å²) in [5.41, 5.74) is 1.91. The van der Waals surface area contributed by atoms with Crippen molar-refractivity contribution in [1.82, 2.24) is 4.90 Å². The van der Waals surface area contributed by atoms with E-state index in [0.29, 0.717) is 23.9 Å². The van der Waals surface area contributed by atoms with E-state index in [1.807, 2.05) is 24.3 Å². The van der Waals surface area contributed by atoms with Gasteiger partial charge in [0.25, 0.3) is 5.91 Å². The molecule has 1 aliphatic rings. The molecule has 0 aliphatic carbocycles. The largest absolute Gasteiger partial charge is 0.292 e. The number of imide groups is 1. The molecule has 2 rings (SSSR count). The molecule has 1 saturated heterocycles. The average Bonchev–Trinajstić information content (AvgIpc) is 2.89. The van der Waals surface area contributed by atoms with Crippen molar-refractivity contribution in [3.05, 3.63) is 29.8 Å². The van der Waals surface area contributed by atoms with Crippen molar-refractivity contribution < 1.29 is 9.59 Å². The second kappa shape index (κ2) is 9.31. The van der Waals surface area contributed by atoms with E-state index >= 15 is 0 Å². The molecular formula is C22H34N2O2. The number of hydrogen-bond acceptors (Lipinski definition) is 3.